The van der Waals surface area contributed by atoms with Gasteiger partial charge >= 0.3 is 0 Å². The number of nitrogens with zero attached hydrogens (tertiary/aromatic N) is 1. The Morgan fingerprint density at radius 2 is 1.70 bits per heavy atom. The molecule has 0 N–H and O–H groups in total. The van der Waals surface area contributed by atoms with Crippen molar-refractivity contribution in [2.75, 3.05) is 0 Å². The molecule has 0 amide bonds. The number of pyridine rings is 1. The number of hydrogen-bond acceptors (Lipinski definition) is 2. The second kappa shape index (κ2) is 5.23. The molecule has 0 saturated carbocycles. The third-order valence-electron chi connectivity index (χ3n) is 3.12. The molecule has 0 fully saturated rings. The summed E-state index contributed by atoms with van der Waals surface area (Å²) in [5, 5.41) is 2.42. The predicted octanol–water partition coefficient (Wildman–Crippen LogP) is 4.77. The van der Waals surface area contributed by atoms with Crippen molar-refractivity contribution in [1.82, 2.24) is 4.98 Å². The number of rotatable bonds is 2. The lowest BCUT2D eigenvalue weighted by Crippen LogP contribution is -2.03. The number of halogens is 2. The first-order valence-electron chi connectivity index (χ1n) is 6.00. The van der Waals surface area contributed by atoms with Crippen LogP contribution in [0, 0.1) is 0 Å². The van der Waals surface area contributed by atoms with E-state index >= 15 is 0 Å². The molecule has 1 heterocycles. The van der Waals surface area contributed by atoms with Crippen LogP contribution < -0.4 is 0 Å². The van der Waals surface area contributed by atoms with Gasteiger partial charge in [-0.05, 0) is 23.6 Å². The van der Waals surface area contributed by atoms with E-state index in [-0.39, 0.29) is 10.8 Å². The van der Waals surface area contributed by atoms with Gasteiger partial charge in [-0.15, -0.1) is 0 Å². The van der Waals surface area contributed by atoms with E-state index in [4.69, 9.17) is 23.2 Å². The van der Waals surface area contributed by atoms with Crippen LogP contribution in [0.5, 0.6) is 0 Å². The van der Waals surface area contributed by atoms with Crippen LogP contribution in [-0.2, 0) is 0 Å². The van der Waals surface area contributed by atoms with Crippen molar-refractivity contribution in [2.45, 2.75) is 0 Å². The molecule has 0 aliphatic carbocycles. The zero-order chi connectivity index (χ0) is 14.1. The zero-order valence-electron chi connectivity index (χ0n) is 10.3. The lowest BCUT2D eigenvalue weighted by atomic mass is 9.98. The number of ketones is 1. The maximum Gasteiger partial charge on any atom is 0.195 e. The Hall–Kier alpha value is -1.90. The summed E-state index contributed by atoms with van der Waals surface area (Å²) >= 11 is 12.1. The topological polar surface area (TPSA) is 30.0 Å². The minimum Gasteiger partial charge on any atom is -0.289 e. The summed E-state index contributed by atoms with van der Waals surface area (Å²) in [4.78, 5) is 16.7. The lowest BCUT2D eigenvalue weighted by Gasteiger charge is -2.07. The standard InChI is InChI=1S/C16H9Cl2NO/c17-14-6-2-5-13(15(14)18)16(20)12-4-1-3-10-9-19-8-7-11(10)12/h1-9H. The molecule has 20 heavy (non-hydrogen) atoms. The van der Waals surface area contributed by atoms with Gasteiger partial charge in [0.25, 0.3) is 0 Å². The van der Waals surface area contributed by atoms with Crippen LogP contribution in [0.1, 0.15) is 15.9 Å². The Balaban J connectivity index is 2.21. The van der Waals surface area contributed by atoms with E-state index in [9.17, 15) is 4.79 Å². The minimum absolute atomic E-state index is 0.144. The Morgan fingerprint density at radius 3 is 2.55 bits per heavy atom. The van der Waals surface area contributed by atoms with Crippen LogP contribution in [0.15, 0.2) is 54.9 Å². The van der Waals surface area contributed by atoms with Crippen molar-refractivity contribution >= 4 is 39.8 Å². The number of aromatic nitrogens is 1. The van der Waals surface area contributed by atoms with Gasteiger partial charge in [0, 0.05) is 28.9 Å². The van der Waals surface area contributed by atoms with Crippen molar-refractivity contribution in [1.29, 1.82) is 0 Å². The van der Waals surface area contributed by atoms with Gasteiger partial charge in [0.15, 0.2) is 5.78 Å². The summed E-state index contributed by atoms with van der Waals surface area (Å²) in [5.74, 6) is -0.144. The normalized spacial score (nSPS) is 10.7. The number of carbonyl (C=O) groups is 1. The predicted molar refractivity (Wildman–Crippen MR) is 81.6 cm³/mol. The van der Waals surface area contributed by atoms with E-state index in [2.05, 4.69) is 4.98 Å². The molecule has 0 saturated heterocycles. The highest BCUT2D eigenvalue weighted by molar-refractivity contribution is 6.44. The summed E-state index contributed by atoms with van der Waals surface area (Å²) in [6, 6.07) is 12.4. The number of fused-ring (bicyclic) bond motifs is 1. The van der Waals surface area contributed by atoms with E-state index < -0.39 is 0 Å². The zero-order valence-corrected chi connectivity index (χ0v) is 11.8. The molecule has 1 aromatic heterocycles. The highest BCUT2D eigenvalue weighted by Crippen LogP contribution is 2.29. The molecule has 2 nitrogen and oxygen atoms in total. The molecule has 0 spiro atoms. The van der Waals surface area contributed by atoms with E-state index in [1.807, 2.05) is 18.2 Å². The largest absolute Gasteiger partial charge is 0.289 e. The van der Waals surface area contributed by atoms with Gasteiger partial charge in [-0.1, -0.05) is 47.5 Å². The van der Waals surface area contributed by atoms with Crippen molar-refractivity contribution in [3.05, 3.63) is 76.0 Å². The van der Waals surface area contributed by atoms with Crippen molar-refractivity contribution in [3.63, 3.8) is 0 Å². The summed E-state index contributed by atoms with van der Waals surface area (Å²) in [5.41, 5.74) is 0.998. The molecule has 2 aromatic carbocycles. The molecule has 3 aromatic rings. The summed E-state index contributed by atoms with van der Waals surface area (Å²) in [7, 11) is 0. The SMILES string of the molecule is O=C(c1cccc(Cl)c1Cl)c1cccc2cnccc12. The van der Waals surface area contributed by atoms with Gasteiger partial charge in [0.05, 0.1) is 10.0 Å². The molecule has 4 heteroatoms. The Kier molecular flexibility index (Phi) is 3.43. The Morgan fingerprint density at radius 1 is 0.950 bits per heavy atom. The van der Waals surface area contributed by atoms with Crippen molar-refractivity contribution in [3.8, 4) is 0 Å². The Bertz CT molecular complexity index is 809. The van der Waals surface area contributed by atoms with E-state index in [0.717, 1.165) is 10.8 Å². The molecular weight excluding hydrogens is 293 g/mol. The monoisotopic (exact) mass is 301 g/mol. The van der Waals surface area contributed by atoms with Crippen molar-refractivity contribution < 1.29 is 4.79 Å². The quantitative estimate of drug-likeness (QED) is 0.638. The third kappa shape index (κ3) is 2.17. The van der Waals surface area contributed by atoms with Crippen molar-refractivity contribution in [2.24, 2.45) is 0 Å². The molecule has 0 radical (unpaired) electrons. The summed E-state index contributed by atoms with van der Waals surface area (Å²) < 4.78 is 0. The van der Waals surface area contributed by atoms with Gasteiger partial charge < -0.3 is 0 Å². The fraction of sp³-hybridized carbons (Fsp3) is 0. The van der Waals surface area contributed by atoms with Crippen LogP contribution in [0.25, 0.3) is 10.8 Å². The molecule has 0 aliphatic rings. The smallest absolute Gasteiger partial charge is 0.195 e. The summed E-state index contributed by atoms with van der Waals surface area (Å²) in [6.07, 6.45) is 3.39. The second-order valence-corrected chi connectivity index (χ2v) is 5.12. The van der Waals surface area contributed by atoms with E-state index in [1.165, 1.54) is 0 Å². The van der Waals surface area contributed by atoms with Gasteiger partial charge in [-0.2, -0.15) is 0 Å². The number of benzene rings is 2. The van der Waals surface area contributed by atoms with Gasteiger partial charge in [-0.3, -0.25) is 9.78 Å². The molecule has 0 bridgehead atoms. The first kappa shape index (κ1) is 13.1. The number of hydrogen-bond donors (Lipinski definition) is 0. The van der Waals surface area contributed by atoms with Gasteiger partial charge in [-0.25, -0.2) is 0 Å². The maximum absolute atomic E-state index is 12.7. The van der Waals surface area contributed by atoms with Crippen LogP contribution in [-0.4, -0.2) is 10.8 Å². The van der Waals surface area contributed by atoms with Gasteiger partial charge in [0.1, 0.15) is 0 Å². The summed E-state index contributed by atoms with van der Waals surface area (Å²) in [6.45, 7) is 0. The molecule has 3 rings (SSSR count). The Labute approximate surface area is 126 Å². The van der Waals surface area contributed by atoms with Crippen LogP contribution >= 0.6 is 23.2 Å². The fourth-order valence-electron chi connectivity index (χ4n) is 2.14. The van der Waals surface area contributed by atoms with Gasteiger partial charge in [0.2, 0.25) is 0 Å². The van der Waals surface area contributed by atoms with E-state index in [0.29, 0.717) is 16.1 Å². The lowest BCUT2D eigenvalue weighted by molar-refractivity contribution is 0.104. The molecule has 0 aliphatic heterocycles. The molecule has 98 valence electrons. The average Bonchev–Trinajstić information content (AvgIpc) is 2.49. The highest BCUT2D eigenvalue weighted by Gasteiger charge is 2.16. The number of carbonyl (C=O) groups excluding carboxylic acids is 1. The van der Waals surface area contributed by atoms with Crippen LogP contribution in [0.2, 0.25) is 10.0 Å². The van der Waals surface area contributed by atoms with E-state index in [1.54, 1.807) is 36.7 Å². The highest BCUT2D eigenvalue weighted by atomic mass is 35.5. The fourth-order valence-corrected chi connectivity index (χ4v) is 2.53. The first-order chi connectivity index (χ1) is 9.68. The molecule has 0 unspecified atom stereocenters. The molecular formula is C16H9Cl2NO. The average molecular weight is 302 g/mol. The third-order valence-corrected chi connectivity index (χ3v) is 3.94. The van der Waals surface area contributed by atoms with Crippen LogP contribution in [0.3, 0.4) is 0 Å². The molecule has 0 atom stereocenters. The first-order valence-corrected chi connectivity index (χ1v) is 6.75. The second-order valence-electron chi connectivity index (χ2n) is 4.33. The minimum atomic E-state index is -0.144. The maximum atomic E-state index is 12.7. The van der Waals surface area contributed by atoms with Crippen LogP contribution in [0.4, 0.5) is 0 Å².